The van der Waals surface area contributed by atoms with Crippen LogP contribution in [0.3, 0.4) is 0 Å². The Bertz CT molecular complexity index is 1050. The van der Waals surface area contributed by atoms with E-state index in [1.54, 1.807) is 5.57 Å². The number of fused-ring (bicyclic) bond motifs is 3. The third-order valence-corrected chi connectivity index (χ3v) is 6.04. The van der Waals surface area contributed by atoms with Crippen LogP contribution >= 0.6 is 0 Å². The predicted octanol–water partition coefficient (Wildman–Crippen LogP) is 6.85. The van der Waals surface area contributed by atoms with Crippen molar-refractivity contribution >= 4 is 5.57 Å². The van der Waals surface area contributed by atoms with Crippen molar-refractivity contribution in [3.05, 3.63) is 113 Å². The lowest BCUT2D eigenvalue weighted by molar-refractivity contribution is 0.666. The lowest BCUT2D eigenvalue weighted by Crippen LogP contribution is -2.02. The molecule has 0 N–H and O–H groups in total. The first-order chi connectivity index (χ1) is 13.3. The first kappa shape index (κ1) is 16.3. The van der Waals surface area contributed by atoms with Gasteiger partial charge in [-0.15, -0.1) is 0 Å². The SMILES string of the molecule is CC(Cc1ccc2c(c1)Cc1ccccc1-2)C1=CC(c2ccccc2)=CC1. The molecule has 132 valence electrons. The molecule has 0 nitrogen and oxygen atoms in total. The highest BCUT2D eigenvalue weighted by Crippen LogP contribution is 2.38. The van der Waals surface area contributed by atoms with E-state index in [0.29, 0.717) is 5.92 Å². The van der Waals surface area contributed by atoms with Crippen molar-refractivity contribution in [3.8, 4) is 11.1 Å². The molecule has 0 aliphatic heterocycles. The van der Waals surface area contributed by atoms with Gasteiger partial charge >= 0.3 is 0 Å². The smallest absolute Gasteiger partial charge is 0.00134 e. The van der Waals surface area contributed by atoms with Gasteiger partial charge in [-0.1, -0.05) is 97.4 Å². The minimum Gasteiger partial charge on any atom is -0.0726 e. The van der Waals surface area contributed by atoms with Crippen molar-refractivity contribution in [2.24, 2.45) is 5.92 Å². The van der Waals surface area contributed by atoms with Gasteiger partial charge < -0.3 is 0 Å². The van der Waals surface area contributed by atoms with Crippen LogP contribution in [0.1, 0.15) is 35.6 Å². The van der Waals surface area contributed by atoms with Crippen LogP contribution in [0.2, 0.25) is 0 Å². The van der Waals surface area contributed by atoms with Crippen LogP contribution in [0.25, 0.3) is 16.7 Å². The summed E-state index contributed by atoms with van der Waals surface area (Å²) in [4.78, 5) is 0. The van der Waals surface area contributed by atoms with Crippen LogP contribution in [-0.4, -0.2) is 0 Å². The maximum atomic E-state index is 2.44. The Balaban J connectivity index is 1.33. The maximum Gasteiger partial charge on any atom is -0.00134 e. The predicted molar refractivity (Wildman–Crippen MR) is 115 cm³/mol. The molecule has 5 rings (SSSR count). The van der Waals surface area contributed by atoms with E-state index < -0.39 is 0 Å². The fourth-order valence-corrected chi connectivity index (χ4v) is 4.53. The van der Waals surface area contributed by atoms with Gasteiger partial charge in [0.25, 0.3) is 0 Å². The molecular weight excluding hydrogens is 324 g/mol. The molecule has 0 aromatic heterocycles. The minimum absolute atomic E-state index is 0.573. The molecule has 1 unspecified atom stereocenters. The van der Waals surface area contributed by atoms with Gasteiger partial charge in [-0.3, -0.25) is 0 Å². The summed E-state index contributed by atoms with van der Waals surface area (Å²) in [5, 5.41) is 0. The molecule has 2 aliphatic rings. The van der Waals surface area contributed by atoms with Crippen LogP contribution < -0.4 is 0 Å². The van der Waals surface area contributed by atoms with Gasteiger partial charge in [-0.25, -0.2) is 0 Å². The van der Waals surface area contributed by atoms with E-state index >= 15 is 0 Å². The zero-order chi connectivity index (χ0) is 18.2. The molecule has 2 aliphatic carbocycles. The quantitative estimate of drug-likeness (QED) is 0.378. The molecule has 27 heavy (non-hydrogen) atoms. The molecule has 0 fully saturated rings. The summed E-state index contributed by atoms with van der Waals surface area (Å²) < 4.78 is 0. The largest absolute Gasteiger partial charge is 0.0726 e. The summed E-state index contributed by atoms with van der Waals surface area (Å²) in [5.74, 6) is 0.573. The highest BCUT2D eigenvalue weighted by Gasteiger charge is 2.19. The minimum atomic E-state index is 0.573. The number of rotatable bonds is 4. The molecule has 1 atom stereocenters. The van der Waals surface area contributed by atoms with Gasteiger partial charge in [0.05, 0.1) is 0 Å². The Hall–Kier alpha value is -2.86. The third-order valence-electron chi connectivity index (χ3n) is 6.04. The van der Waals surface area contributed by atoms with Crippen LogP contribution in [0.15, 0.2) is 90.5 Å². The Labute approximate surface area is 161 Å². The molecule has 0 saturated carbocycles. The second kappa shape index (κ2) is 6.70. The van der Waals surface area contributed by atoms with Crippen molar-refractivity contribution in [2.45, 2.75) is 26.2 Å². The van der Waals surface area contributed by atoms with Gasteiger partial charge in [-0.2, -0.15) is 0 Å². The summed E-state index contributed by atoms with van der Waals surface area (Å²) in [7, 11) is 0. The Morgan fingerprint density at radius 3 is 2.48 bits per heavy atom. The van der Waals surface area contributed by atoms with Crippen molar-refractivity contribution < 1.29 is 0 Å². The molecule has 0 heteroatoms. The van der Waals surface area contributed by atoms with E-state index in [-0.39, 0.29) is 0 Å². The standard InChI is InChI=1S/C27H24/c1-19(22-12-13-23(17-22)21-7-3-2-4-8-21)15-20-11-14-27-25(16-20)18-24-9-5-6-10-26(24)27/h2-11,13-14,16-17,19H,12,15,18H2,1H3. The van der Waals surface area contributed by atoms with Gasteiger partial charge in [0, 0.05) is 0 Å². The van der Waals surface area contributed by atoms with Gasteiger partial charge in [-0.05, 0) is 64.1 Å². The van der Waals surface area contributed by atoms with Gasteiger partial charge in [0.2, 0.25) is 0 Å². The number of hydrogen-bond acceptors (Lipinski definition) is 0. The van der Waals surface area contributed by atoms with E-state index in [1.165, 1.54) is 39.0 Å². The Morgan fingerprint density at radius 1 is 0.815 bits per heavy atom. The van der Waals surface area contributed by atoms with E-state index in [2.05, 4.69) is 91.9 Å². The fourth-order valence-electron chi connectivity index (χ4n) is 4.53. The topological polar surface area (TPSA) is 0 Å². The average Bonchev–Trinajstić information content (AvgIpc) is 3.33. The molecule has 0 amide bonds. The maximum absolute atomic E-state index is 2.44. The molecule has 3 aromatic rings. The zero-order valence-corrected chi connectivity index (χ0v) is 15.8. The Morgan fingerprint density at radius 2 is 1.59 bits per heavy atom. The molecule has 0 spiro atoms. The molecule has 0 radical (unpaired) electrons. The molecule has 0 heterocycles. The summed E-state index contributed by atoms with van der Waals surface area (Å²) in [6.45, 7) is 2.37. The number of benzene rings is 3. The molecular formula is C27H24. The summed E-state index contributed by atoms with van der Waals surface area (Å²) >= 11 is 0. The van der Waals surface area contributed by atoms with Crippen LogP contribution in [0, 0.1) is 5.92 Å². The molecule has 0 saturated heterocycles. The number of hydrogen-bond donors (Lipinski definition) is 0. The van der Waals surface area contributed by atoms with Crippen molar-refractivity contribution in [3.63, 3.8) is 0 Å². The molecule has 3 aromatic carbocycles. The fraction of sp³-hybridized carbons (Fsp3) is 0.185. The van der Waals surface area contributed by atoms with Crippen molar-refractivity contribution in [1.82, 2.24) is 0 Å². The van der Waals surface area contributed by atoms with E-state index in [1.807, 2.05) is 0 Å². The second-order valence-corrected chi connectivity index (χ2v) is 7.88. The normalized spacial score (nSPS) is 15.7. The van der Waals surface area contributed by atoms with E-state index in [9.17, 15) is 0 Å². The number of allylic oxidation sites excluding steroid dienone is 4. The summed E-state index contributed by atoms with van der Waals surface area (Å²) in [6, 6.07) is 26.6. The highest BCUT2D eigenvalue weighted by atomic mass is 14.2. The third kappa shape index (κ3) is 3.06. The monoisotopic (exact) mass is 348 g/mol. The van der Waals surface area contributed by atoms with Gasteiger partial charge in [0.15, 0.2) is 0 Å². The van der Waals surface area contributed by atoms with Gasteiger partial charge in [0.1, 0.15) is 0 Å². The summed E-state index contributed by atoms with van der Waals surface area (Å²) in [6.07, 6.45) is 8.06. The highest BCUT2D eigenvalue weighted by molar-refractivity contribution is 5.78. The van der Waals surface area contributed by atoms with Crippen molar-refractivity contribution in [2.75, 3.05) is 0 Å². The first-order valence-electron chi connectivity index (χ1n) is 9.94. The average molecular weight is 348 g/mol. The van der Waals surface area contributed by atoms with Crippen molar-refractivity contribution in [1.29, 1.82) is 0 Å². The summed E-state index contributed by atoms with van der Waals surface area (Å²) in [5.41, 5.74) is 11.5. The van der Waals surface area contributed by atoms with Crippen LogP contribution in [-0.2, 0) is 12.8 Å². The lowest BCUT2D eigenvalue weighted by atomic mass is 9.91. The Kier molecular flexibility index (Phi) is 4.05. The van der Waals surface area contributed by atoms with Crippen LogP contribution in [0.4, 0.5) is 0 Å². The molecule has 0 bridgehead atoms. The second-order valence-electron chi connectivity index (χ2n) is 7.88. The lowest BCUT2D eigenvalue weighted by Gasteiger charge is -2.14. The zero-order valence-electron chi connectivity index (χ0n) is 15.8. The van der Waals surface area contributed by atoms with E-state index in [4.69, 9.17) is 0 Å². The van der Waals surface area contributed by atoms with Crippen LogP contribution in [0.5, 0.6) is 0 Å². The van der Waals surface area contributed by atoms with E-state index in [0.717, 1.165) is 19.3 Å². The first-order valence-corrected chi connectivity index (χ1v) is 9.94.